The summed E-state index contributed by atoms with van der Waals surface area (Å²) in [5.41, 5.74) is -0.400. The maximum atomic E-state index is 12.9. The summed E-state index contributed by atoms with van der Waals surface area (Å²) >= 11 is 0. The fourth-order valence-corrected chi connectivity index (χ4v) is 2.69. The highest BCUT2D eigenvalue weighted by molar-refractivity contribution is 5.91. The lowest BCUT2D eigenvalue weighted by molar-refractivity contribution is -0.137. The summed E-state index contributed by atoms with van der Waals surface area (Å²) < 4.78 is 56.5. The van der Waals surface area contributed by atoms with Gasteiger partial charge in [0.1, 0.15) is 17.5 Å². The first-order chi connectivity index (χ1) is 13.7. The van der Waals surface area contributed by atoms with Crippen molar-refractivity contribution in [2.24, 2.45) is 0 Å². The van der Waals surface area contributed by atoms with Crippen LogP contribution in [0.5, 0.6) is 11.6 Å². The number of pyridine rings is 1. The molecule has 1 saturated heterocycles. The molecule has 1 aromatic heterocycles. The van der Waals surface area contributed by atoms with Crippen molar-refractivity contribution in [1.82, 2.24) is 9.88 Å². The molecule has 3 rings (SSSR count). The lowest BCUT2D eigenvalue weighted by Gasteiger charge is -2.39. The van der Waals surface area contributed by atoms with Crippen molar-refractivity contribution in [1.29, 1.82) is 5.26 Å². The standard InChI is InChI=1S/C19H14F4N4O2/c1-11(20)18(28)27-9-14(10-27)26-16-12(8-24)6-7-25-17(16)29-15-4-2-13(3-5-15)19(21,22)23/h2-7,14,26H,1,9-10H2. The minimum atomic E-state index is -4.47. The number of alkyl halides is 3. The van der Waals surface area contributed by atoms with Crippen LogP contribution in [0.2, 0.25) is 0 Å². The number of hydrogen-bond acceptors (Lipinski definition) is 5. The summed E-state index contributed by atoms with van der Waals surface area (Å²) in [4.78, 5) is 16.8. The molecule has 6 nitrogen and oxygen atoms in total. The van der Waals surface area contributed by atoms with E-state index in [-0.39, 0.29) is 42.0 Å². The first-order valence-electron chi connectivity index (χ1n) is 8.33. The molecule has 2 aromatic rings. The zero-order chi connectivity index (χ0) is 21.2. The van der Waals surface area contributed by atoms with Gasteiger partial charge in [-0.05, 0) is 30.3 Å². The molecule has 10 heteroatoms. The van der Waals surface area contributed by atoms with E-state index in [1.807, 2.05) is 6.07 Å². The maximum absolute atomic E-state index is 12.9. The van der Waals surface area contributed by atoms with Crippen LogP contribution >= 0.6 is 0 Å². The Hall–Kier alpha value is -3.61. The molecule has 0 atom stereocenters. The minimum Gasteiger partial charge on any atom is -0.437 e. The molecule has 0 saturated carbocycles. The van der Waals surface area contributed by atoms with Gasteiger partial charge in [-0.1, -0.05) is 6.58 Å². The van der Waals surface area contributed by atoms with E-state index in [0.29, 0.717) is 0 Å². The van der Waals surface area contributed by atoms with Crippen molar-refractivity contribution in [2.75, 3.05) is 18.4 Å². The summed E-state index contributed by atoms with van der Waals surface area (Å²) in [5.74, 6) is -1.78. The molecule has 0 aliphatic carbocycles. The van der Waals surface area contributed by atoms with Crippen LogP contribution in [0.1, 0.15) is 11.1 Å². The van der Waals surface area contributed by atoms with E-state index < -0.39 is 23.5 Å². The van der Waals surface area contributed by atoms with Crippen molar-refractivity contribution < 1.29 is 27.1 Å². The van der Waals surface area contributed by atoms with Crippen LogP contribution in [0.3, 0.4) is 0 Å². The third-order valence-corrected chi connectivity index (χ3v) is 4.18. The second-order valence-corrected chi connectivity index (χ2v) is 6.23. The van der Waals surface area contributed by atoms with Gasteiger partial charge >= 0.3 is 6.18 Å². The average molecular weight is 406 g/mol. The second kappa shape index (κ2) is 7.79. The molecule has 0 bridgehead atoms. The number of nitrogens with zero attached hydrogens (tertiary/aromatic N) is 3. The van der Waals surface area contributed by atoms with E-state index in [1.165, 1.54) is 17.2 Å². The predicted octanol–water partition coefficient (Wildman–Crippen LogP) is 3.87. The van der Waals surface area contributed by atoms with Gasteiger partial charge in [0.05, 0.1) is 17.2 Å². The molecule has 150 valence electrons. The van der Waals surface area contributed by atoms with Crippen molar-refractivity contribution in [3.05, 3.63) is 60.1 Å². The Labute approximate surface area is 163 Å². The molecule has 2 heterocycles. The number of hydrogen-bond donors (Lipinski definition) is 1. The summed E-state index contributed by atoms with van der Waals surface area (Å²) in [5, 5.41) is 12.3. The van der Waals surface area contributed by atoms with Gasteiger partial charge in [-0.15, -0.1) is 0 Å². The van der Waals surface area contributed by atoms with Gasteiger partial charge < -0.3 is 15.0 Å². The van der Waals surface area contributed by atoms with E-state index in [9.17, 15) is 27.6 Å². The summed E-state index contributed by atoms with van der Waals surface area (Å²) in [6.45, 7) is 3.32. The third-order valence-electron chi connectivity index (χ3n) is 4.18. The number of aromatic nitrogens is 1. The second-order valence-electron chi connectivity index (χ2n) is 6.23. The van der Waals surface area contributed by atoms with Crippen LogP contribution in [0.25, 0.3) is 0 Å². The van der Waals surface area contributed by atoms with Crippen LogP contribution in [0, 0.1) is 11.3 Å². The number of ether oxygens (including phenoxy) is 1. The smallest absolute Gasteiger partial charge is 0.416 e. The summed E-state index contributed by atoms with van der Waals surface area (Å²) in [6.07, 6.45) is -3.14. The molecule has 1 aromatic carbocycles. The van der Waals surface area contributed by atoms with Crippen molar-refractivity contribution in [3.8, 4) is 17.7 Å². The van der Waals surface area contributed by atoms with Gasteiger partial charge in [-0.25, -0.2) is 9.37 Å². The molecule has 0 radical (unpaired) electrons. The number of rotatable bonds is 5. The Morgan fingerprint density at radius 3 is 2.48 bits per heavy atom. The first-order valence-corrected chi connectivity index (χ1v) is 8.33. The molecule has 1 aliphatic heterocycles. The van der Waals surface area contributed by atoms with Gasteiger partial charge in [0, 0.05) is 19.3 Å². The average Bonchev–Trinajstić information content (AvgIpc) is 2.64. The fourth-order valence-electron chi connectivity index (χ4n) is 2.69. The molecule has 0 unspecified atom stereocenters. The van der Waals surface area contributed by atoms with Gasteiger partial charge in [0.25, 0.3) is 5.91 Å². The fraction of sp³-hybridized carbons (Fsp3) is 0.211. The zero-order valence-electron chi connectivity index (χ0n) is 14.8. The predicted molar refractivity (Wildman–Crippen MR) is 94.7 cm³/mol. The highest BCUT2D eigenvalue weighted by atomic mass is 19.4. The van der Waals surface area contributed by atoms with Crippen molar-refractivity contribution >= 4 is 11.6 Å². The Morgan fingerprint density at radius 1 is 1.28 bits per heavy atom. The van der Waals surface area contributed by atoms with Crippen LogP contribution in [0.4, 0.5) is 23.2 Å². The first kappa shape index (κ1) is 20.1. The quantitative estimate of drug-likeness (QED) is 0.603. The number of carbonyl (C=O) groups is 1. The van der Waals surface area contributed by atoms with E-state index in [2.05, 4.69) is 16.9 Å². The summed E-state index contributed by atoms with van der Waals surface area (Å²) in [6, 6.07) is 7.15. The number of halogens is 4. The number of carbonyl (C=O) groups excluding carboxylic acids is 1. The molecular weight excluding hydrogens is 392 g/mol. The van der Waals surface area contributed by atoms with Crippen molar-refractivity contribution in [2.45, 2.75) is 12.2 Å². The number of benzene rings is 1. The van der Waals surface area contributed by atoms with Crippen molar-refractivity contribution in [3.63, 3.8) is 0 Å². The van der Waals surface area contributed by atoms with Crippen LogP contribution in [-0.2, 0) is 11.0 Å². The monoisotopic (exact) mass is 406 g/mol. The SMILES string of the molecule is C=C(F)C(=O)N1CC(Nc2c(C#N)ccnc2Oc2ccc(C(F)(F)F)cc2)C1. The Bertz CT molecular complexity index is 977. The molecule has 1 N–H and O–H groups in total. The van der Waals surface area contributed by atoms with E-state index in [1.54, 1.807) is 0 Å². The highest BCUT2D eigenvalue weighted by Gasteiger charge is 2.33. The number of nitrogens with one attached hydrogen (secondary N) is 1. The molecule has 1 fully saturated rings. The van der Waals surface area contributed by atoms with Crippen LogP contribution in [-0.4, -0.2) is 34.9 Å². The normalized spacial score (nSPS) is 14.0. The Morgan fingerprint density at radius 2 is 1.93 bits per heavy atom. The van der Waals surface area contributed by atoms with Gasteiger partial charge in [0.2, 0.25) is 5.88 Å². The van der Waals surface area contributed by atoms with E-state index >= 15 is 0 Å². The highest BCUT2D eigenvalue weighted by Crippen LogP contribution is 2.34. The molecule has 29 heavy (non-hydrogen) atoms. The zero-order valence-corrected chi connectivity index (χ0v) is 14.8. The van der Waals surface area contributed by atoms with E-state index in [0.717, 1.165) is 24.3 Å². The summed E-state index contributed by atoms with van der Waals surface area (Å²) in [7, 11) is 0. The van der Waals surface area contributed by atoms with Crippen LogP contribution < -0.4 is 10.1 Å². The largest absolute Gasteiger partial charge is 0.437 e. The number of likely N-dealkylation sites (tertiary alicyclic amines) is 1. The van der Waals surface area contributed by atoms with Gasteiger partial charge in [-0.2, -0.15) is 18.4 Å². The van der Waals surface area contributed by atoms with Crippen LogP contribution in [0.15, 0.2) is 48.9 Å². The molecule has 0 spiro atoms. The molecule has 1 amide bonds. The Kier molecular flexibility index (Phi) is 5.41. The maximum Gasteiger partial charge on any atom is 0.416 e. The topological polar surface area (TPSA) is 78.3 Å². The molecular formula is C19H14F4N4O2. The number of nitriles is 1. The number of anilines is 1. The Balaban J connectivity index is 1.76. The third kappa shape index (κ3) is 4.45. The van der Waals surface area contributed by atoms with Gasteiger partial charge in [0.15, 0.2) is 5.83 Å². The molecule has 1 aliphatic rings. The number of amides is 1. The minimum absolute atomic E-state index is 0.0107. The lowest BCUT2D eigenvalue weighted by atomic mass is 10.1. The van der Waals surface area contributed by atoms with E-state index in [4.69, 9.17) is 4.74 Å². The van der Waals surface area contributed by atoms with Gasteiger partial charge in [-0.3, -0.25) is 4.79 Å². The lowest BCUT2D eigenvalue weighted by Crippen LogP contribution is -2.57.